The molecule has 0 radical (unpaired) electrons. The van der Waals surface area contributed by atoms with Gasteiger partial charge < -0.3 is 15.0 Å². The van der Waals surface area contributed by atoms with E-state index in [4.69, 9.17) is 9.72 Å². The highest BCUT2D eigenvalue weighted by atomic mass is 32.2. The molecule has 0 bridgehead atoms. The van der Waals surface area contributed by atoms with Gasteiger partial charge in [0.2, 0.25) is 5.95 Å². The average molecular weight is 622 g/mol. The minimum atomic E-state index is -2.73. The van der Waals surface area contributed by atoms with E-state index < -0.39 is 9.52 Å². The molecule has 6 rings (SSSR count). The van der Waals surface area contributed by atoms with Crippen LogP contribution in [0.25, 0.3) is 22.3 Å². The number of aromatic nitrogens is 5. The number of pyridine rings is 2. The van der Waals surface area contributed by atoms with E-state index in [1.54, 1.807) is 40.8 Å². The molecule has 2 aliphatic rings. The Morgan fingerprint density at radius 1 is 1.07 bits per heavy atom. The molecule has 0 spiro atoms. The molecule has 1 unspecified atom stereocenters. The quantitative estimate of drug-likeness (QED) is 0.282. The standard InChI is InChI=1S/C31H39N7O3S2/c1-5-38-29-21(15-26(30(38)39)28-20(2)14-25(17-33-28)43(4,40)27-18-32-19-42-27)16-34-31(36-29)35-22-6-8-23(9-7-22)41-24-10-12-37(3)13-11-24/h14-19,22-24H,4-13H2,1-3H3,(H,34,35,36). The number of fused-ring (bicyclic) bond motifs is 1. The number of anilines is 1. The van der Waals surface area contributed by atoms with E-state index in [1.165, 1.54) is 11.3 Å². The smallest absolute Gasteiger partial charge is 0.261 e. The fraction of sp³-hybridized carbons (Fsp3) is 0.484. The van der Waals surface area contributed by atoms with Crippen molar-refractivity contribution < 1.29 is 8.95 Å². The van der Waals surface area contributed by atoms with Crippen LogP contribution in [-0.4, -0.2) is 77.9 Å². The van der Waals surface area contributed by atoms with Crippen LogP contribution in [0.3, 0.4) is 0 Å². The Kier molecular flexibility index (Phi) is 8.63. The Morgan fingerprint density at radius 2 is 1.81 bits per heavy atom. The van der Waals surface area contributed by atoms with Crippen LogP contribution in [0, 0.1) is 6.92 Å². The van der Waals surface area contributed by atoms with Gasteiger partial charge in [-0.15, -0.1) is 11.3 Å². The zero-order chi connectivity index (χ0) is 30.1. The van der Waals surface area contributed by atoms with Crippen LogP contribution in [0.1, 0.15) is 51.0 Å². The number of piperidine rings is 1. The Morgan fingerprint density at radius 3 is 2.49 bits per heavy atom. The lowest BCUT2D eigenvalue weighted by Crippen LogP contribution is -2.38. The molecule has 1 atom stereocenters. The second-order valence-electron chi connectivity index (χ2n) is 11.7. The number of thiazole rings is 1. The van der Waals surface area contributed by atoms with Gasteiger partial charge in [0.1, 0.15) is 9.86 Å². The fourth-order valence-electron chi connectivity index (χ4n) is 6.10. The first-order valence-electron chi connectivity index (χ1n) is 15.0. The molecule has 1 saturated carbocycles. The number of hydrogen-bond acceptors (Lipinski definition) is 10. The third-order valence-corrected chi connectivity index (χ3v) is 12.0. The molecule has 12 heteroatoms. The normalized spacial score (nSPS) is 21.6. The predicted molar refractivity (Wildman–Crippen MR) is 173 cm³/mol. The predicted octanol–water partition coefficient (Wildman–Crippen LogP) is 4.61. The third-order valence-electron chi connectivity index (χ3n) is 8.62. The number of ether oxygens (including phenoxy) is 1. The van der Waals surface area contributed by atoms with Gasteiger partial charge in [-0.1, -0.05) is 0 Å². The molecule has 228 valence electrons. The highest BCUT2D eigenvalue weighted by Gasteiger charge is 2.27. The summed E-state index contributed by atoms with van der Waals surface area (Å²) < 4.78 is 22.1. The largest absolute Gasteiger partial charge is 0.375 e. The van der Waals surface area contributed by atoms with Crippen molar-refractivity contribution in [2.24, 2.45) is 0 Å². The number of nitrogens with zero attached hydrogens (tertiary/aromatic N) is 6. The van der Waals surface area contributed by atoms with E-state index in [9.17, 15) is 9.00 Å². The second kappa shape index (κ2) is 12.4. The lowest BCUT2D eigenvalue weighted by Gasteiger charge is -2.35. The summed E-state index contributed by atoms with van der Waals surface area (Å²) in [4.78, 5) is 34.6. The van der Waals surface area contributed by atoms with Crippen LogP contribution in [-0.2, 0) is 20.8 Å². The molecule has 4 aromatic rings. The zero-order valence-corrected chi connectivity index (χ0v) is 26.6. The van der Waals surface area contributed by atoms with E-state index in [0.29, 0.717) is 50.7 Å². The summed E-state index contributed by atoms with van der Waals surface area (Å²) in [6.45, 7) is 6.48. The van der Waals surface area contributed by atoms with Gasteiger partial charge in [-0.3, -0.25) is 23.5 Å². The number of likely N-dealkylation sites (tertiary alicyclic amines) is 1. The van der Waals surface area contributed by atoms with Gasteiger partial charge in [0.15, 0.2) is 0 Å². The first-order chi connectivity index (χ1) is 20.7. The fourth-order valence-corrected chi connectivity index (χ4v) is 8.55. The number of hydrogen-bond donors (Lipinski definition) is 1. The van der Waals surface area contributed by atoms with E-state index in [0.717, 1.165) is 62.6 Å². The first kappa shape index (κ1) is 29.9. The van der Waals surface area contributed by atoms with E-state index in [2.05, 4.69) is 38.1 Å². The van der Waals surface area contributed by atoms with Crippen LogP contribution in [0.4, 0.5) is 5.95 Å². The van der Waals surface area contributed by atoms with Gasteiger partial charge in [-0.05, 0) is 83.0 Å². The van der Waals surface area contributed by atoms with Gasteiger partial charge in [-0.2, -0.15) is 4.98 Å². The molecule has 1 N–H and O–H groups in total. The van der Waals surface area contributed by atoms with Gasteiger partial charge >= 0.3 is 0 Å². The zero-order valence-electron chi connectivity index (χ0n) is 25.0. The Hall–Kier alpha value is -3.19. The van der Waals surface area contributed by atoms with Crippen molar-refractivity contribution in [1.29, 1.82) is 0 Å². The van der Waals surface area contributed by atoms with Gasteiger partial charge in [-0.25, -0.2) is 4.98 Å². The minimum Gasteiger partial charge on any atom is -0.375 e. The van der Waals surface area contributed by atoms with Crippen LogP contribution < -0.4 is 10.9 Å². The van der Waals surface area contributed by atoms with Crippen molar-refractivity contribution in [3.05, 3.63) is 52.2 Å². The third kappa shape index (κ3) is 6.24. The minimum absolute atomic E-state index is 0.174. The van der Waals surface area contributed by atoms with Crippen LogP contribution in [0.5, 0.6) is 0 Å². The molecule has 0 aromatic carbocycles. The van der Waals surface area contributed by atoms with Crippen LogP contribution >= 0.6 is 11.3 Å². The summed E-state index contributed by atoms with van der Waals surface area (Å²) in [5.41, 5.74) is 3.79. The average Bonchev–Trinajstić information content (AvgIpc) is 3.56. The Balaban J connectivity index is 1.19. The molecule has 1 saturated heterocycles. The molecule has 2 fully saturated rings. The van der Waals surface area contributed by atoms with Crippen molar-refractivity contribution in [1.82, 2.24) is 29.4 Å². The monoisotopic (exact) mass is 621 g/mol. The second-order valence-corrected chi connectivity index (χ2v) is 15.1. The molecule has 4 aromatic heterocycles. The summed E-state index contributed by atoms with van der Waals surface area (Å²) in [6.07, 6.45) is 11.9. The molecule has 43 heavy (non-hydrogen) atoms. The van der Waals surface area contributed by atoms with Crippen molar-refractivity contribution >= 4 is 43.7 Å². The summed E-state index contributed by atoms with van der Waals surface area (Å²) >= 11 is 1.30. The molecular weight excluding hydrogens is 583 g/mol. The summed E-state index contributed by atoms with van der Waals surface area (Å²) in [5, 5.41) is 4.27. The Bertz CT molecular complexity index is 1760. The molecule has 10 nitrogen and oxygen atoms in total. The van der Waals surface area contributed by atoms with Crippen molar-refractivity contribution in [2.75, 3.05) is 25.5 Å². The molecular formula is C31H39N7O3S2. The maximum Gasteiger partial charge on any atom is 0.261 e. The highest BCUT2D eigenvalue weighted by molar-refractivity contribution is 8.02. The molecule has 0 amide bonds. The molecule has 1 aliphatic heterocycles. The van der Waals surface area contributed by atoms with E-state index >= 15 is 0 Å². The van der Waals surface area contributed by atoms with Crippen molar-refractivity contribution in [2.45, 2.75) is 86.3 Å². The lowest BCUT2D eigenvalue weighted by molar-refractivity contribution is -0.0543. The molecule has 5 heterocycles. The number of nitrogens with one attached hydrogen (secondary N) is 1. The number of aryl methyl sites for hydroxylation is 2. The SMILES string of the molecule is C=S(=O)(c1cnc(-c2cc3cnc(NC4CCC(OC5CCN(C)CC5)CC4)nc3n(CC)c2=O)c(C)c1)c1cncs1. The summed E-state index contributed by atoms with van der Waals surface area (Å²) in [6, 6.07) is 3.88. The van der Waals surface area contributed by atoms with Crippen molar-refractivity contribution in [3.8, 4) is 11.3 Å². The lowest BCUT2D eigenvalue weighted by atomic mass is 9.92. The Labute approximate surface area is 256 Å². The van der Waals surface area contributed by atoms with Gasteiger partial charge in [0.05, 0.1) is 40.1 Å². The van der Waals surface area contributed by atoms with Crippen LogP contribution in [0.2, 0.25) is 0 Å². The number of rotatable bonds is 8. The summed E-state index contributed by atoms with van der Waals surface area (Å²) in [7, 11) is -0.555. The van der Waals surface area contributed by atoms with Gasteiger partial charge in [0, 0.05) is 53.0 Å². The topological polar surface area (TPSA) is 115 Å². The summed E-state index contributed by atoms with van der Waals surface area (Å²) in [5.74, 6) is 4.49. The van der Waals surface area contributed by atoms with Crippen molar-refractivity contribution in [3.63, 3.8) is 0 Å². The maximum absolute atomic E-state index is 13.7. The maximum atomic E-state index is 13.7. The first-order valence-corrected chi connectivity index (χ1v) is 17.6. The van der Waals surface area contributed by atoms with Crippen LogP contribution in [0.15, 0.2) is 50.1 Å². The highest BCUT2D eigenvalue weighted by Crippen LogP contribution is 2.29. The van der Waals surface area contributed by atoms with E-state index in [1.807, 2.05) is 13.8 Å². The molecule has 1 aliphatic carbocycles. The van der Waals surface area contributed by atoms with E-state index in [-0.39, 0.29) is 11.6 Å². The van der Waals surface area contributed by atoms with Gasteiger partial charge in [0.25, 0.3) is 5.56 Å².